The lowest BCUT2D eigenvalue weighted by molar-refractivity contribution is 0.0383. The molecule has 1 saturated carbocycles. The van der Waals surface area contributed by atoms with Gasteiger partial charge in [-0.15, -0.1) is 20.4 Å². The third kappa shape index (κ3) is 3.67. The van der Waals surface area contributed by atoms with Crippen molar-refractivity contribution >= 4 is 5.95 Å². The average molecular weight is 466 g/mol. The Morgan fingerprint density at radius 3 is 2.74 bits per heavy atom. The van der Waals surface area contributed by atoms with Gasteiger partial charge in [0, 0.05) is 28.7 Å². The minimum atomic E-state index is -1.00. The number of hydrogen-bond acceptors (Lipinski definition) is 9. The van der Waals surface area contributed by atoms with E-state index < -0.39 is 11.7 Å². The summed E-state index contributed by atoms with van der Waals surface area (Å²) >= 11 is 0. The van der Waals surface area contributed by atoms with Crippen LogP contribution in [0.4, 0.5) is 10.3 Å². The van der Waals surface area contributed by atoms with Crippen LogP contribution in [-0.2, 0) is 7.05 Å². The van der Waals surface area contributed by atoms with Gasteiger partial charge in [0.25, 0.3) is 0 Å². The highest BCUT2D eigenvalue weighted by molar-refractivity contribution is 5.71. The Morgan fingerprint density at radius 2 is 2.06 bits per heavy atom. The Labute approximate surface area is 196 Å². The number of rotatable bonds is 5. The van der Waals surface area contributed by atoms with E-state index in [9.17, 15) is 5.11 Å². The van der Waals surface area contributed by atoms with Crippen LogP contribution in [0.5, 0.6) is 5.75 Å². The van der Waals surface area contributed by atoms with Crippen LogP contribution in [0.1, 0.15) is 45.4 Å². The summed E-state index contributed by atoms with van der Waals surface area (Å²) in [5.74, 6) is 0.906. The first kappa shape index (κ1) is 21.3. The van der Waals surface area contributed by atoms with Crippen LogP contribution in [-0.4, -0.2) is 70.3 Å². The number of aryl methyl sites for hydroxylation is 1. The summed E-state index contributed by atoms with van der Waals surface area (Å²) < 4.78 is 15.8. The minimum absolute atomic E-state index is 0.0239. The van der Waals surface area contributed by atoms with Crippen molar-refractivity contribution in [2.75, 3.05) is 4.90 Å². The van der Waals surface area contributed by atoms with Crippen LogP contribution < -0.4 is 10.2 Å². The number of aromatic hydroxyl groups is 1. The molecule has 4 atom stereocenters. The number of benzene rings is 1. The Kier molecular flexibility index (Phi) is 4.98. The topological polar surface area (TPSA) is 118 Å². The second kappa shape index (κ2) is 7.93. The van der Waals surface area contributed by atoms with Gasteiger partial charge >= 0.3 is 0 Å². The summed E-state index contributed by atoms with van der Waals surface area (Å²) in [7, 11) is 1.68. The van der Waals surface area contributed by atoms with Crippen molar-refractivity contribution in [2.45, 2.75) is 75.3 Å². The lowest BCUT2D eigenvalue weighted by atomic mass is 9.73. The van der Waals surface area contributed by atoms with Gasteiger partial charge in [0.2, 0.25) is 11.8 Å². The molecule has 178 valence electrons. The zero-order valence-electron chi connectivity index (χ0n) is 19.3. The first-order chi connectivity index (χ1) is 16.4. The summed E-state index contributed by atoms with van der Waals surface area (Å²) in [6.45, 7) is 2.01. The summed E-state index contributed by atoms with van der Waals surface area (Å²) in [4.78, 5) is 8.01. The molecule has 10 nitrogen and oxygen atoms in total. The average Bonchev–Trinajstić information content (AvgIpc) is 3.56. The molecule has 0 amide bonds. The molecule has 2 N–H and O–H groups in total. The highest BCUT2D eigenvalue weighted by Gasteiger charge is 2.52. The maximum Gasteiger partial charge on any atom is 0.245 e. The molecule has 2 bridgehead atoms. The summed E-state index contributed by atoms with van der Waals surface area (Å²) in [6, 6.07) is 5.41. The number of phenolic OH excluding ortho intramolecular Hbond substituents is 1. The number of piperidine rings is 2. The second-order valence-corrected chi connectivity index (χ2v) is 9.97. The van der Waals surface area contributed by atoms with Gasteiger partial charge in [-0.1, -0.05) is 6.07 Å². The summed E-state index contributed by atoms with van der Waals surface area (Å²) in [6.07, 6.45) is 6.36. The quantitative estimate of drug-likeness (QED) is 0.586. The van der Waals surface area contributed by atoms with E-state index in [4.69, 9.17) is 0 Å². The number of phenols is 1. The molecule has 1 aliphatic carbocycles. The van der Waals surface area contributed by atoms with Crippen molar-refractivity contribution in [1.82, 2.24) is 40.7 Å². The minimum Gasteiger partial charge on any atom is -0.507 e. The fourth-order valence-corrected chi connectivity index (χ4v) is 5.54. The predicted octanol–water partition coefficient (Wildman–Crippen LogP) is 2.41. The highest BCUT2D eigenvalue weighted by Crippen LogP contribution is 2.42. The molecule has 3 aliphatic rings. The van der Waals surface area contributed by atoms with Crippen LogP contribution in [0.25, 0.3) is 22.6 Å². The standard InChI is InChI=1S/C23H28FN9O/c1-23-9-3-4-14(26-23)11-18(20(23)24)33(15-6-7-15)22-25-12-17(27-29-22)16-8-5-13(10-19(16)34)21-28-31-32(2)30-21/h5,8,10,12,14-15,18,20,26,34H,3-4,6-7,9,11H2,1-2H3/t14-,18+,20+,23-/m0/s1. The third-order valence-corrected chi connectivity index (χ3v) is 7.37. The SMILES string of the molecule is Cn1nnc(-c2ccc(-c3cnc(N(C4CC4)[C@@H]4C[C@@H]5CCC[C@](C)(N5)[C@@H]4F)nn3)c(O)c2)n1. The molecule has 1 aromatic carbocycles. The molecule has 0 radical (unpaired) electrons. The van der Waals surface area contributed by atoms with Crippen LogP contribution >= 0.6 is 0 Å². The van der Waals surface area contributed by atoms with E-state index in [1.165, 1.54) is 4.80 Å². The van der Waals surface area contributed by atoms with Gasteiger partial charge in [-0.05, 0) is 62.8 Å². The Morgan fingerprint density at radius 1 is 1.21 bits per heavy atom. The highest BCUT2D eigenvalue weighted by atomic mass is 19.1. The van der Waals surface area contributed by atoms with Gasteiger partial charge in [-0.2, -0.15) is 4.80 Å². The largest absolute Gasteiger partial charge is 0.507 e. The van der Waals surface area contributed by atoms with Crippen molar-refractivity contribution < 1.29 is 9.50 Å². The lowest BCUT2D eigenvalue weighted by Crippen LogP contribution is -2.69. The van der Waals surface area contributed by atoms with Crippen molar-refractivity contribution in [3.63, 3.8) is 0 Å². The molecule has 3 fully saturated rings. The van der Waals surface area contributed by atoms with Crippen LogP contribution in [0.3, 0.4) is 0 Å². The van der Waals surface area contributed by atoms with Gasteiger partial charge in [0.1, 0.15) is 17.6 Å². The first-order valence-corrected chi connectivity index (χ1v) is 11.9. The van der Waals surface area contributed by atoms with E-state index in [0.717, 1.165) is 38.5 Å². The molecule has 6 rings (SSSR count). The van der Waals surface area contributed by atoms with Gasteiger partial charge in [-0.3, -0.25) is 0 Å². The Balaban J connectivity index is 1.27. The van der Waals surface area contributed by atoms with Crippen molar-refractivity contribution in [3.05, 3.63) is 24.4 Å². The monoisotopic (exact) mass is 465 g/mol. The smallest absolute Gasteiger partial charge is 0.245 e. The van der Waals surface area contributed by atoms with E-state index in [0.29, 0.717) is 34.6 Å². The maximum atomic E-state index is 15.8. The zero-order valence-corrected chi connectivity index (χ0v) is 19.3. The van der Waals surface area contributed by atoms with E-state index in [-0.39, 0.29) is 17.8 Å². The molecule has 0 unspecified atom stereocenters. The number of alkyl halides is 1. The van der Waals surface area contributed by atoms with Gasteiger partial charge < -0.3 is 15.3 Å². The molecule has 0 spiro atoms. The summed E-state index contributed by atoms with van der Waals surface area (Å²) in [5.41, 5.74) is 1.09. The summed E-state index contributed by atoms with van der Waals surface area (Å²) in [5, 5.41) is 34.8. The number of nitrogens with one attached hydrogen (secondary N) is 1. The van der Waals surface area contributed by atoms with Crippen LogP contribution in [0.2, 0.25) is 0 Å². The number of nitrogens with zero attached hydrogens (tertiary/aromatic N) is 8. The number of tetrazole rings is 1. The van der Waals surface area contributed by atoms with E-state index >= 15 is 4.39 Å². The van der Waals surface area contributed by atoms with Crippen molar-refractivity contribution in [1.29, 1.82) is 0 Å². The number of halogens is 1. The van der Waals surface area contributed by atoms with Gasteiger partial charge in [-0.25, -0.2) is 9.37 Å². The normalized spacial score (nSPS) is 28.6. The number of fused-ring (bicyclic) bond motifs is 2. The maximum absolute atomic E-state index is 15.8. The van der Waals surface area contributed by atoms with Crippen molar-refractivity contribution in [2.24, 2.45) is 7.05 Å². The molecule has 11 heteroatoms. The molecular formula is C23H28FN9O. The molecule has 3 aromatic rings. The van der Waals surface area contributed by atoms with E-state index in [2.05, 4.69) is 40.8 Å². The fraction of sp³-hybridized carbons (Fsp3) is 0.565. The van der Waals surface area contributed by atoms with E-state index in [1.807, 2.05) is 6.92 Å². The number of aromatic nitrogens is 7. The van der Waals surface area contributed by atoms with E-state index in [1.54, 1.807) is 31.4 Å². The molecular weight excluding hydrogens is 437 g/mol. The molecule has 2 aliphatic heterocycles. The van der Waals surface area contributed by atoms with Crippen LogP contribution in [0.15, 0.2) is 24.4 Å². The Bertz CT molecular complexity index is 1200. The second-order valence-electron chi connectivity index (χ2n) is 9.97. The molecule has 2 saturated heterocycles. The van der Waals surface area contributed by atoms with Gasteiger partial charge in [0.05, 0.1) is 19.3 Å². The fourth-order valence-electron chi connectivity index (χ4n) is 5.54. The van der Waals surface area contributed by atoms with Crippen LogP contribution in [0, 0.1) is 0 Å². The molecule has 34 heavy (non-hydrogen) atoms. The van der Waals surface area contributed by atoms with Crippen molar-refractivity contribution in [3.8, 4) is 28.4 Å². The number of anilines is 1. The Hall–Kier alpha value is -3.21. The first-order valence-electron chi connectivity index (χ1n) is 11.9. The number of hydrogen-bond donors (Lipinski definition) is 2. The predicted molar refractivity (Wildman–Crippen MR) is 123 cm³/mol. The van der Waals surface area contributed by atoms with Gasteiger partial charge in [0.15, 0.2) is 0 Å². The molecule has 2 aromatic heterocycles. The zero-order chi connectivity index (χ0) is 23.4. The third-order valence-electron chi connectivity index (χ3n) is 7.37. The molecule has 4 heterocycles. The lowest BCUT2D eigenvalue weighted by Gasteiger charge is -2.52.